The number of nitrogens with one attached hydrogen (secondary N) is 2. The van der Waals surface area contributed by atoms with Gasteiger partial charge in [0.1, 0.15) is 5.75 Å². The van der Waals surface area contributed by atoms with Crippen molar-refractivity contribution in [2.45, 2.75) is 50.3 Å². The van der Waals surface area contributed by atoms with Crippen molar-refractivity contribution in [3.63, 3.8) is 0 Å². The highest BCUT2D eigenvalue weighted by Crippen LogP contribution is 2.27. The molecule has 1 saturated heterocycles. The van der Waals surface area contributed by atoms with Gasteiger partial charge in [-0.05, 0) is 49.6 Å². The Kier molecular flexibility index (Phi) is 9.06. The Bertz CT molecular complexity index is 1110. The molecule has 2 aromatic carbocycles. The van der Waals surface area contributed by atoms with Crippen molar-refractivity contribution in [3.8, 4) is 5.75 Å². The Morgan fingerprint density at radius 1 is 0.971 bits per heavy atom. The summed E-state index contributed by atoms with van der Waals surface area (Å²) in [6, 6.07) is 11.0. The van der Waals surface area contributed by atoms with Gasteiger partial charge in [-0.15, -0.1) is 0 Å². The lowest BCUT2D eigenvalue weighted by Crippen LogP contribution is -2.32. The zero-order chi connectivity index (χ0) is 24.6. The summed E-state index contributed by atoms with van der Waals surface area (Å²) < 4.78 is 33.3. The van der Waals surface area contributed by atoms with Crippen LogP contribution in [0.2, 0.25) is 0 Å². The number of nitrogens with zero attached hydrogens (tertiary/aromatic N) is 1. The molecule has 1 aliphatic heterocycles. The molecule has 2 amide bonds. The van der Waals surface area contributed by atoms with Crippen molar-refractivity contribution in [2.24, 2.45) is 0 Å². The molecule has 1 heterocycles. The van der Waals surface area contributed by atoms with Gasteiger partial charge in [0, 0.05) is 19.6 Å². The fourth-order valence-corrected chi connectivity index (χ4v) is 5.45. The summed E-state index contributed by atoms with van der Waals surface area (Å²) in [6.07, 6.45) is 5.46. The van der Waals surface area contributed by atoms with E-state index in [9.17, 15) is 18.0 Å². The molecular weight excluding hydrogens is 454 g/mol. The molecule has 8 nitrogen and oxygen atoms in total. The van der Waals surface area contributed by atoms with E-state index in [2.05, 4.69) is 10.6 Å². The molecule has 0 radical (unpaired) electrons. The van der Waals surface area contributed by atoms with Gasteiger partial charge in [-0.25, -0.2) is 8.42 Å². The van der Waals surface area contributed by atoms with Crippen molar-refractivity contribution < 1.29 is 22.7 Å². The summed E-state index contributed by atoms with van der Waals surface area (Å²) in [5.41, 5.74) is 0.753. The molecule has 0 spiro atoms. The Hall–Kier alpha value is -2.91. The number of rotatable bonds is 9. The standard InChI is InChI=1S/C25H33N3O5S/c1-3-4-15-26-24(29)20-11-7-8-12-22(20)27-25(30)21-18-19(13-14-23(21)33-2)34(31,32)28-16-9-5-6-10-17-28/h7-8,11-14,18H,3-6,9-10,15-17H2,1-2H3,(H,26,29)(H,27,30). The minimum atomic E-state index is -3.74. The van der Waals surface area contributed by atoms with Gasteiger partial charge in [0.25, 0.3) is 11.8 Å². The van der Waals surface area contributed by atoms with Crippen molar-refractivity contribution >= 4 is 27.5 Å². The number of sulfonamides is 1. The molecule has 0 aromatic heterocycles. The second-order valence-corrected chi connectivity index (χ2v) is 10.2. The summed E-state index contributed by atoms with van der Waals surface area (Å²) in [5.74, 6) is -0.593. The van der Waals surface area contributed by atoms with Crippen LogP contribution < -0.4 is 15.4 Å². The third kappa shape index (κ3) is 6.15. The number of para-hydroxylation sites is 1. The lowest BCUT2D eigenvalue weighted by Gasteiger charge is -2.21. The number of hydrogen-bond acceptors (Lipinski definition) is 5. The Morgan fingerprint density at radius 2 is 1.68 bits per heavy atom. The summed E-state index contributed by atoms with van der Waals surface area (Å²) in [7, 11) is -2.32. The van der Waals surface area contributed by atoms with Crippen LogP contribution in [-0.2, 0) is 10.0 Å². The zero-order valence-electron chi connectivity index (χ0n) is 19.8. The highest BCUT2D eigenvalue weighted by Gasteiger charge is 2.27. The average molecular weight is 488 g/mol. The number of methoxy groups -OCH3 is 1. The molecule has 0 bridgehead atoms. The number of hydrogen-bond donors (Lipinski definition) is 2. The lowest BCUT2D eigenvalue weighted by molar-refractivity contribution is 0.0954. The van der Waals surface area contributed by atoms with E-state index in [1.54, 1.807) is 24.3 Å². The predicted molar refractivity (Wildman–Crippen MR) is 132 cm³/mol. The number of carbonyl (C=O) groups excluding carboxylic acids is 2. The maximum Gasteiger partial charge on any atom is 0.259 e. The molecule has 34 heavy (non-hydrogen) atoms. The predicted octanol–water partition coefficient (Wildman–Crippen LogP) is 4.04. The van der Waals surface area contributed by atoms with Crippen molar-refractivity contribution in [1.29, 1.82) is 0 Å². The third-order valence-corrected chi connectivity index (χ3v) is 7.75. The van der Waals surface area contributed by atoms with Crippen LogP contribution in [0.15, 0.2) is 47.4 Å². The van der Waals surface area contributed by atoms with Gasteiger partial charge in [-0.1, -0.05) is 38.3 Å². The molecular formula is C25H33N3O5S. The van der Waals surface area contributed by atoms with Crippen LogP contribution in [-0.4, -0.2) is 51.3 Å². The second-order valence-electron chi connectivity index (χ2n) is 8.29. The van der Waals surface area contributed by atoms with Crippen LogP contribution in [0, 0.1) is 0 Å². The van der Waals surface area contributed by atoms with Crippen molar-refractivity contribution in [3.05, 3.63) is 53.6 Å². The third-order valence-electron chi connectivity index (χ3n) is 5.85. The summed E-state index contributed by atoms with van der Waals surface area (Å²) in [5, 5.41) is 5.60. The molecule has 0 atom stereocenters. The molecule has 3 rings (SSSR count). The minimum Gasteiger partial charge on any atom is -0.496 e. The van der Waals surface area contributed by atoms with E-state index in [0.29, 0.717) is 30.9 Å². The number of unbranched alkanes of at least 4 members (excludes halogenated alkanes) is 1. The second kappa shape index (κ2) is 12.0. The van der Waals surface area contributed by atoms with E-state index in [1.165, 1.54) is 29.6 Å². The van der Waals surface area contributed by atoms with E-state index in [0.717, 1.165) is 38.5 Å². The number of anilines is 1. The van der Waals surface area contributed by atoms with Gasteiger partial charge in [0.05, 0.1) is 28.8 Å². The molecule has 184 valence electrons. The highest BCUT2D eigenvalue weighted by atomic mass is 32.2. The van der Waals surface area contributed by atoms with Crippen LogP contribution in [0.5, 0.6) is 5.75 Å². The first-order valence-electron chi connectivity index (χ1n) is 11.7. The first-order chi connectivity index (χ1) is 16.4. The SMILES string of the molecule is CCCCNC(=O)c1ccccc1NC(=O)c1cc(S(=O)(=O)N2CCCCCC2)ccc1OC. The van der Waals surface area contributed by atoms with Crippen molar-refractivity contribution in [2.75, 3.05) is 32.1 Å². The lowest BCUT2D eigenvalue weighted by atomic mass is 10.1. The molecule has 2 N–H and O–H groups in total. The largest absolute Gasteiger partial charge is 0.496 e. The Morgan fingerprint density at radius 3 is 2.35 bits per heavy atom. The Balaban J connectivity index is 1.87. The van der Waals surface area contributed by atoms with Gasteiger partial charge < -0.3 is 15.4 Å². The van der Waals surface area contributed by atoms with E-state index in [4.69, 9.17) is 4.74 Å². The number of carbonyl (C=O) groups is 2. The van der Waals surface area contributed by atoms with Crippen LogP contribution in [0.4, 0.5) is 5.69 Å². The highest BCUT2D eigenvalue weighted by molar-refractivity contribution is 7.89. The number of amides is 2. The molecule has 1 aliphatic rings. The minimum absolute atomic E-state index is 0.0472. The molecule has 0 aliphatic carbocycles. The molecule has 0 unspecified atom stereocenters. The number of ether oxygens (including phenoxy) is 1. The monoisotopic (exact) mass is 487 g/mol. The Labute approximate surface area is 201 Å². The molecule has 9 heteroatoms. The summed E-state index contributed by atoms with van der Waals surface area (Å²) in [4.78, 5) is 25.9. The molecule has 2 aromatic rings. The first kappa shape index (κ1) is 25.7. The van der Waals surface area contributed by atoms with E-state index < -0.39 is 15.9 Å². The van der Waals surface area contributed by atoms with Gasteiger partial charge in [0.15, 0.2) is 0 Å². The fraction of sp³-hybridized carbons (Fsp3) is 0.440. The topological polar surface area (TPSA) is 105 Å². The van der Waals surface area contributed by atoms with Crippen LogP contribution in [0.3, 0.4) is 0 Å². The maximum absolute atomic E-state index is 13.2. The van der Waals surface area contributed by atoms with Crippen LogP contribution in [0.1, 0.15) is 66.2 Å². The zero-order valence-corrected chi connectivity index (χ0v) is 20.6. The smallest absolute Gasteiger partial charge is 0.259 e. The molecule has 1 fully saturated rings. The quantitative estimate of drug-likeness (QED) is 0.520. The first-order valence-corrected chi connectivity index (χ1v) is 13.2. The van der Waals surface area contributed by atoms with Crippen LogP contribution >= 0.6 is 0 Å². The van der Waals surface area contributed by atoms with Gasteiger partial charge in [-0.2, -0.15) is 4.31 Å². The van der Waals surface area contributed by atoms with E-state index in [1.807, 2.05) is 6.92 Å². The average Bonchev–Trinajstić information content (AvgIpc) is 3.14. The molecule has 0 saturated carbocycles. The number of benzene rings is 2. The summed E-state index contributed by atoms with van der Waals surface area (Å²) in [6.45, 7) is 3.52. The normalized spacial score (nSPS) is 14.8. The van der Waals surface area contributed by atoms with Gasteiger partial charge >= 0.3 is 0 Å². The van der Waals surface area contributed by atoms with E-state index in [-0.39, 0.29) is 22.1 Å². The van der Waals surface area contributed by atoms with Crippen molar-refractivity contribution in [1.82, 2.24) is 9.62 Å². The van der Waals surface area contributed by atoms with Gasteiger partial charge in [-0.3, -0.25) is 9.59 Å². The van der Waals surface area contributed by atoms with Crippen LogP contribution in [0.25, 0.3) is 0 Å². The fourth-order valence-electron chi connectivity index (χ4n) is 3.91. The van der Waals surface area contributed by atoms with Gasteiger partial charge in [0.2, 0.25) is 10.0 Å². The maximum atomic E-state index is 13.2. The summed E-state index contributed by atoms with van der Waals surface area (Å²) >= 11 is 0. The van der Waals surface area contributed by atoms with E-state index >= 15 is 0 Å².